The molecule has 6 nitrogen and oxygen atoms in total. The quantitative estimate of drug-likeness (QED) is 0.878. The molecule has 25 heavy (non-hydrogen) atoms. The van der Waals surface area contributed by atoms with Gasteiger partial charge < -0.3 is 15.3 Å². The van der Waals surface area contributed by atoms with Crippen LogP contribution in [0.2, 0.25) is 0 Å². The Labute approximate surface area is 154 Å². The summed E-state index contributed by atoms with van der Waals surface area (Å²) < 4.78 is 1.56. The molecule has 136 valence electrons. The molecular weight excluding hydrogens is 340 g/mol. The van der Waals surface area contributed by atoms with Crippen molar-refractivity contribution >= 4 is 18.3 Å². The Bertz CT molecular complexity index is 727. The van der Waals surface area contributed by atoms with Gasteiger partial charge in [0.15, 0.2) is 11.4 Å². The molecule has 7 heteroatoms. The number of amides is 1. The average Bonchev–Trinajstić information content (AvgIpc) is 2.96. The van der Waals surface area contributed by atoms with E-state index in [4.69, 9.17) is 0 Å². The zero-order valence-corrected chi connectivity index (χ0v) is 15.6. The number of nitrogens with one attached hydrogen (secondary N) is 1. The van der Waals surface area contributed by atoms with Crippen LogP contribution in [0.5, 0.6) is 5.75 Å². The van der Waals surface area contributed by atoms with Crippen LogP contribution in [0, 0.1) is 0 Å². The van der Waals surface area contributed by atoms with Gasteiger partial charge in [0.25, 0.3) is 5.91 Å². The van der Waals surface area contributed by atoms with Crippen LogP contribution >= 0.6 is 12.4 Å². The normalized spacial score (nSPS) is 17.4. The van der Waals surface area contributed by atoms with Crippen LogP contribution in [-0.4, -0.2) is 51.4 Å². The van der Waals surface area contributed by atoms with Crippen molar-refractivity contribution in [2.24, 2.45) is 0 Å². The fraction of sp³-hybridized carbons (Fsp3) is 0.444. The summed E-state index contributed by atoms with van der Waals surface area (Å²) >= 11 is 0. The van der Waals surface area contributed by atoms with E-state index >= 15 is 0 Å². The van der Waals surface area contributed by atoms with E-state index in [9.17, 15) is 9.90 Å². The molecule has 0 spiro atoms. The third-order valence-electron chi connectivity index (χ3n) is 4.48. The van der Waals surface area contributed by atoms with Crippen LogP contribution in [0.25, 0.3) is 5.69 Å². The number of benzene rings is 1. The first-order valence-corrected chi connectivity index (χ1v) is 8.38. The minimum Gasteiger partial charge on any atom is -0.504 e. The fourth-order valence-corrected chi connectivity index (χ4v) is 2.94. The lowest BCUT2D eigenvalue weighted by atomic mass is 10.0. The van der Waals surface area contributed by atoms with Gasteiger partial charge in [-0.15, -0.1) is 12.4 Å². The van der Waals surface area contributed by atoms with E-state index in [-0.39, 0.29) is 35.8 Å². The van der Waals surface area contributed by atoms with Crippen molar-refractivity contribution in [3.05, 3.63) is 41.7 Å². The summed E-state index contributed by atoms with van der Waals surface area (Å²) in [5.41, 5.74) is 2.17. The third-order valence-corrected chi connectivity index (χ3v) is 4.48. The van der Waals surface area contributed by atoms with Crippen molar-refractivity contribution < 1.29 is 9.90 Å². The Kier molecular flexibility index (Phi) is 6.08. The first kappa shape index (κ1) is 19.3. The van der Waals surface area contributed by atoms with Crippen LogP contribution in [0.3, 0.4) is 0 Å². The van der Waals surface area contributed by atoms with Crippen molar-refractivity contribution in [1.29, 1.82) is 0 Å². The molecule has 1 saturated heterocycles. The maximum absolute atomic E-state index is 12.7. The molecule has 0 aliphatic carbocycles. The standard InChI is InChI=1S/C18H24N4O2.ClH/c1-12(2)14-4-6-15(7-5-14)22-11-16(23)17(20-22)18(24)21-9-8-19-10-13(21)3;/h4-7,11-13,19,23H,8-10H2,1-3H3;1H. The van der Waals surface area contributed by atoms with E-state index < -0.39 is 0 Å². The number of carbonyl (C=O) groups excluding carboxylic acids is 1. The van der Waals surface area contributed by atoms with Gasteiger partial charge in [0, 0.05) is 25.7 Å². The first-order chi connectivity index (χ1) is 11.5. The van der Waals surface area contributed by atoms with Crippen LogP contribution in [0.1, 0.15) is 42.7 Å². The first-order valence-electron chi connectivity index (χ1n) is 8.38. The molecule has 0 radical (unpaired) electrons. The highest BCUT2D eigenvalue weighted by atomic mass is 35.5. The van der Waals surface area contributed by atoms with E-state index in [1.54, 1.807) is 9.58 Å². The summed E-state index contributed by atoms with van der Waals surface area (Å²) in [6.45, 7) is 8.40. The zero-order chi connectivity index (χ0) is 17.3. The number of carbonyl (C=O) groups is 1. The molecule has 0 saturated carbocycles. The molecule has 1 aliphatic rings. The van der Waals surface area contributed by atoms with Crippen LogP contribution in [0.4, 0.5) is 0 Å². The number of halogens is 1. The number of aromatic nitrogens is 2. The summed E-state index contributed by atoms with van der Waals surface area (Å²) in [4.78, 5) is 14.4. The van der Waals surface area contributed by atoms with E-state index in [0.717, 1.165) is 18.8 Å². The third kappa shape index (κ3) is 3.96. The fourth-order valence-electron chi connectivity index (χ4n) is 2.94. The molecule has 2 heterocycles. The second-order valence-corrected chi connectivity index (χ2v) is 6.61. The van der Waals surface area contributed by atoms with Gasteiger partial charge in [0.1, 0.15) is 0 Å². The lowest BCUT2D eigenvalue weighted by Gasteiger charge is -2.33. The molecule has 1 aliphatic heterocycles. The molecule has 2 N–H and O–H groups in total. The van der Waals surface area contributed by atoms with Crippen LogP contribution in [-0.2, 0) is 0 Å². The number of nitrogens with zero attached hydrogens (tertiary/aromatic N) is 3. The Morgan fingerprint density at radius 3 is 2.60 bits per heavy atom. The minimum absolute atomic E-state index is 0. The van der Waals surface area contributed by atoms with Gasteiger partial charge >= 0.3 is 0 Å². The highest BCUT2D eigenvalue weighted by Crippen LogP contribution is 2.22. The summed E-state index contributed by atoms with van der Waals surface area (Å²) in [7, 11) is 0. The number of aromatic hydroxyl groups is 1. The molecular formula is C18H25ClN4O2. The second-order valence-electron chi connectivity index (χ2n) is 6.61. The smallest absolute Gasteiger partial charge is 0.278 e. The monoisotopic (exact) mass is 364 g/mol. The molecule has 1 atom stereocenters. The summed E-state index contributed by atoms with van der Waals surface area (Å²) in [6, 6.07) is 8.06. The maximum atomic E-state index is 12.7. The highest BCUT2D eigenvalue weighted by Gasteiger charge is 2.28. The van der Waals surface area contributed by atoms with Gasteiger partial charge in [0.05, 0.1) is 11.9 Å². The number of hydrogen-bond donors (Lipinski definition) is 2. The number of piperazine rings is 1. The SMILES string of the molecule is CC(C)c1ccc(-n2cc(O)c(C(=O)N3CCNCC3C)n2)cc1.Cl. The molecule has 1 aromatic carbocycles. The van der Waals surface area contributed by atoms with Gasteiger partial charge in [-0.1, -0.05) is 26.0 Å². The zero-order valence-electron chi connectivity index (χ0n) is 14.8. The lowest BCUT2D eigenvalue weighted by Crippen LogP contribution is -2.52. The Morgan fingerprint density at radius 1 is 1.32 bits per heavy atom. The van der Waals surface area contributed by atoms with Crippen molar-refractivity contribution in [3.8, 4) is 11.4 Å². The largest absolute Gasteiger partial charge is 0.504 e. The number of rotatable bonds is 3. The predicted molar refractivity (Wildman–Crippen MR) is 99.9 cm³/mol. The van der Waals surface area contributed by atoms with Crippen LogP contribution in [0.15, 0.2) is 30.5 Å². The van der Waals surface area contributed by atoms with Gasteiger partial charge in [-0.3, -0.25) is 4.79 Å². The van der Waals surface area contributed by atoms with Crippen molar-refractivity contribution in [2.45, 2.75) is 32.7 Å². The highest BCUT2D eigenvalue weighted by molar-refractivity contribution is 5.95. The predicted octanol–water partition coefficient (Wildman–Crippen LogP) is 2.56. The summed E-state index contributed by atoms with van der Waals surface area (Å²) in [5.74, 6) is 0.147. The molecule has 1 unspecified atom stereocenters. The average molecular weight is 365 g/mol. The minimum atomic E-state index is -0.223. The topological polar surface area (TPSA) is 70.4 Å². The second kappa shape index (κ2) is 7.89. The van der Waals surface area contributed by atoms with E-state index in [1.807, 2.05) is 31.2 Å². The Hall–Kier alpha value is -2.05. The van der Waals surface area contributed by atoms with Gasteiger partial charge in [-0.25, -0.2) is 4.68 Å². The van der Waals surface area contributed by atoms with Crippen molar-refractivity contribution in [1.82, 2.24) is 20.0 Å². The molecule has 0 bridgehead atoms. The van der Waals surface area contributed by atoms with E-state index in [0.29, 0.717) is 12.5 Å². The Morgan fingerprint density at radius 2 is 2.00 bits per heavy atom. The lowest BCUT2D eigenvalue weighted by molar-refractivity contribution is 0.0646. The molecule has 2 aromatic rings. The van der Waals surface area contributed by atoms with Gasteiger partial charge in [-0.05, 0) is 30.5 Å². The number of hydrogen-bond acceptors (Lipinski definition) is 4. The van der Waals surface area contributed by atoms with Crippen molar-refractivity contribution in [3.63, 3.8) is 0 Å². The summed E-state index contributed by atoms with van der Waals surface area (Å²) in [6.07, 6.45) is 1.49. The van der Waals surface area contributed by atoms with E-state index in [2.05, 4.69) is 24.3 Å². The van der Waals surface area contributed by atoms with E-state index in [1.165, 1.54) is 11.8 Å². The van der Waals surface area contributed by atoms with Gasteiger partial charge in [-0.2, -0.15) is 5.10 Å². The molecule has 1 aromatic heterocycles. The summed E-state index contributed by atoms with van der Waals surface area (Å²) in [5, 5.41) is 17.7. The Balaban J connectivity index is 0.00000225. The van der Waals surface area contributed by atoms with Crippen LogP contribution < -0.4 is 5.32 Å². The molecule has 3 rings (SSSR count). The van der Waals surface area contributed by atoms with Crippen molar-refractivity contribution in [2.75, 3.05) is 19.6 Å². The molecule has 1 amide bonds. The maximum Gasteiger partial charge on any atom is 0.278 e. The van der Waals surface area contributed by atoms with Gasteiger partial charge in [0.2, 0.25) is 0 Å². The molecule has 1 fully saturated rings.